The normalized spacial score (nSPS) is 11.6. The lowest BCUT2D eigenvalue weighted by molar-refractivity contribution is -0.153. The third-order valence-electron chi connectivity index (χ3n) is 3.98. The number of hydrogen-bond donors (Lipinski definition) is 0. The molecule has 1 unspecified atom stereocenters. The minimum atomic E-state index is -0.515. The zero-order valence-corrected chi connectivity index (χ0v) is 15.8. The van der Waals surface area contributed by atoms with Gasteiger partial charge >= 0.3 is 5.97 Å². The van der Waals surface area contributed by atoms with Gasteiger partial charge in [-0.3, -0.25) is 14.6 Å². The van der Waals surface area contributed by atoms with E-state index >= 15 is 0 Å². The average molecular weight is 370 g/mol. The van der Waals surface area contributed by atoms with Gasteiger partial charge in [0.2, 0.25) is 5.91 Å². The van der Waals surface area contributed by atoms with Gasteiger partial charge in [0, 0.05) is 38.7 Å². The predicted octanol–water partition coefficient (Wildman–Crippen LogP) is 2.62. The van der Waals surface area contributed by atoms with Crippen molar-refractivity contribution in [2.75, 3.05) is 19.7 Å². The molecule has 0 aliphatic heterocycles. The number of hydrogen-bond acceptors (Lipinski definition) is 5. The molecule has 0 saturated heterocycles. The Balaban J connectivity index is 1.89. The van der Waals surface area contributed by atoms with Gasteiger partial charge in [-0.2, -0.15) is 0 Å². The topological polar surface area (TPSA) is 68.7 Å². The number of pyridine rings is 1. The van der Waals surface area contributed by atoms with E-state index in [4.69, 9.17) is 9.47 Å². The number of ether oxygens (including phenoxy) is 2. The van der Waals surface area contributed by atoms with Crippen LogP contribution in [0, 0.1) is 0 Å². The number of nitrogens with zero attached hydrogens (tertiary/aromatic N) is 2. The van der Waals surface area contributed by atoms with E-state index in [1.807, 2.05) is 48.5 Å². The molecule has 1 aromatic heterocycles. The van der Waals surface area contributed by atoms with Crippen molar-refractivity contribution in [3.8, 4) is 0 Å². The summed E-state index contributed by atoms with van der Waals surface area (Å²) >= 11 is 0. The summed E-state index contributed by atoms with van der Waals surface area (Å²) in [4.78, 5) is 29.4. The van der Waals surface area contributed by atoms with Gasteiger partial charge in [-0.25, -0.2) is 0 Å². The predicted molar refractivity (Wildman–Crippen MR) is 102 cm³/mol. The summed E-state index contributed by atoms with van der Waals surface area (Å²) in [6.45, 7) is 4.30. The second-order valence-electron chi connectivity index (χ2n) is 6.27. The Labute approximate surface area is 160 Å². The lowest BCUT2D eigenvalue weighted by Crippen LogP contribution is -2.41. The van der Waals surface area contributed by atoms with Crippen molar-refractivity contribution < 1.29 is 19.1 Å². The summed E-state index contributed by atoms with van der Waals surface area (Å²) in [5, 5.41) is 0. The number of carbonyl (C=O) groups is 2. The summed E-state index contributed by atoms with van der Waals surface area (Å²) in [6, 6.07) is 15.5. The average Bonchev–Trinajstić information content (AvgIpc) is 2.66. The van der Waals surface area contributed by atoms with Crippen molar-refractivity contribution in [1.82, 2.24) is 9.88 Å². The van der Waals surface area contributed by atoms with E-state index in [1.54, 1.807) is 11.1 Å². The van der Waals surface area contributed by atoms with Crippen LogP contribution in [0.3, 0.4) is 0 Å². The van der Waals surface area contributed by atoms with Crippen molar-refractivity contribution >= 4 is 11.9 Å². The van der Waals surface area contributed by atoms with Crippen molar-refractivity contribution in [2.24, 2.45) is 0 Å². The Morgan fingerprint density at radius 2 is 1.81 bits per heavy atom. The molecular weight excluding hydrogens is 344 g/mol. The Bertz CT molecular complexity index is 707. The molecule has 0 spiro atoms. The Morgan fingerprint density at radius 1 is 1.07 bits per heavy atom. The molecule has 0 saturated carbocycles. The zero-order valence-electron chi connectivity index (χ0n) is 15.8. The van der Waals surface area contributed by atoms with E-state index in [1.165, 1.54) is 13.8 Å². The van der Waals surface area contributed by atoms with Gasteiger partial charge in [-0.1, -0.05) is 36.4 Å². The SMILES string of the molecule is CC(=O)OC(COCc1ccccc1)CN(CCc1ccccn1)C(C)=O. The first-order chi connectivity index (χ1) is 13.0. The molecule has 6 heteroatoms. The molecule has 0 aliphatic rings. The van der Waals surface area contributed by atoms with E-state index in [9.17, 15) is 9.59 Å². The Hall–Kier alpha value is -2.73. The lowest BCUT2D eigenvalue weighted by Gasteiger charge is -2.26. The maximum absolute atomic E-state index is 12.0. The van der Waals surface area contributed by atoms with Gasteiger partial charge in [0.05, 0.1) is 19.8 Å². The highest BCUT2D eigenvalue weighted by atomic mass is 16.6. The molecule has 6 nitrogen and oxygen atoms in total. The van der Waals surface area contributed by atoms with Crippen LogP contribution in [-0.2, 0) is 32.1 Å². The molecule has 2 rings (SSSR count). The molecule has 0 fully saturated rings. The monoisotopic (exact) mass is 370 g/mol. The standard InChI is InChI=1S/C21H26N2O4/c1-17(24)23(13-11-20-10-6-7-12-22-20)14-21(27-18(2)25)16-26-15-19-8-4-3-5-9-19/h3-10,12,21H,11,13-16H2,1-2H3. The van der Waals surface area contributed by atoms with Crippen LogP contribution in [0.15, 0.2) is 54.7 Å². The Morgan fingerprint density at radius 3 is 2.44 bits per heavy atom. The molecule has 27 heavy (non-hydrogen) atoms. The number of aromatic nitrogens is 1. The maximum Gasteiger partial charge on any atom is 0.303 e. The van der Waals surface area contributed by atoms with Gasteiger partial charge in [-0.15, -0.1) is 0 Å². The number of esters is 1. The largest absolute Gasteiger partial charge is 0.458 e. The summed E-state index contributed by atoms with van der Waals surface area (Å²) < 4.78 is 11.0. The van der Waals surface area contributed by atoms with Gasteiger partial charge < -0.3 is 14.4 Å². The molecule has 1 aromatic carbocycles. The second-order valence-corrected chi connectivity index (χ2v) is 6.27. The van der Waals surface area contributed by atoms with Gasteiger partial charge in [-0.05, 0) is 17.7 Å². The first kappa shape index (κ1) is 20.6. The number of rotatable bonds is 10. The van der Waals surface area contributed by atoms with Crippen molar-refractivity contribution in [2.45, 2.75) is 33.0 Å². The third kappa shape index (κ3) is 8.00. The number of amides is 1. The van der Waals surface area contributed by atoms with Crippen molar-refractivity contribution in [3.05, 3.63) is 66.0 Å². The Kier molecular flexibility index (Phi) is 8.45. The van der Waals surface area contributed by atoms with Crippen LogP contribution in [0.25, 0.3) is 0 Å². The van der Waals surface area contributed by atoms with Crippen LogP contribution in [0.1, 0.15) is 25.1 Å². The van der Waals surface area contributed by atoms with E-state index in [0.29, 0.717) is 19.6 Å². The summed E-state index contributed by atoms with van der Waals surface area (Å²) in [5.41, 5.74) is 1.95. The van der Waals surface area contributed by atoms with Gasteiger partial charge in [0.25, 0.3) is 0 Å². The molecule has 0 N–H and O–H groups in total. The van der Waals surface area contributed by atoms with E-state index in [2.05, 4.69) is 4.98 Å². The molecule has 1 atom stereocenters. The number of benzene rings is 1. The van der Waals surface area contributed by atoms with Crippen LogP contribution in [0.2, 0.25) is 0 Å². The van der Waals surface area contributed by atoms with Gasteiger partial charge in [0.15, 0.2) is 0 Å². The highest BCUT2D eigenvalue weighted by Gasteiger charge is 2.19. The third-order valence-corrected chi connectivity index (χ3v) is 3.98. The molecular formula is C21H26N2O4. The van der Waals surface area contributed by atoms with Crippen LogP contribution in [-0.4, -0.2) is 47.6 Å². The van der Waals surface area contributed by atoms with Crippen LogP contribution in [0.4, 0.5) is 0 Å². The quantitative estimate of drug-likeness (QED) is 0.602. The van der Waals surface area contributed by atoms with E-state index < -0.39 is 12.1 Å². The van der Waals surface area contributed by atoms with Crippen LogP contribution < -0.4 is 0 Å². The summed E-state index contributed by atoms with van der Waals surface area (Å²) in [5.74, 6) is -0.470. The molecule has 0 bridgehead atoms. The highest BCUT2D eigenvalue weighted by molar-refractivity contribution is 5.73. The van der Waals surface area contributed by atoms with Crippen molar-refractivity contribution in [3.63, 3.8) is 0 Å². The molecule has 144 valence electrons. The fourth-order valence-corrected chi connectivity index (χ4v) is 2.66. The van der Waals surface area contributed by atoms with E-state index in [-0.39, 0.29) is 19.1 Å². The van der Waals surface area contributed by atoms with E-state index in [0.717, 1.165) is 11.3 Å². The summed E-state index contributed by atoms with van der Waals surface area (Å²) in [6.07, 6.45) is 1.85. The molecule has 1 amide bonds. The zero-order chi connectivity index (χ0) is 19.5. The highest BCUT2D eigenvalue weighted by Crippen LogP contribution is 2.06. The first-order valence-corrected chi connectivity index (χ1v) is 8.99. The molecule has 0 aliphatic carbocycles. The number of carbonyl (C=O) groups excluding carboxylic acids is 2. The fraction of sp³-hybridized carbons (Fsp3) is 0.381. The smallest absolute Gasteiger partial charge is 0.303 e. The molecule has 2 aromatic rings. The second kappa shape index (κ2) is 11.1. The molecule has 0 radical (unpaired) electrons. The fourth-order valence-electron chi connectivity index (χ4n) is 2.66. The van der Waals surface area contributed by atoms with Crippen molar-refractivity contribution in [1.29, 1.82) is 0 Å². The minimum Gasteiger partial charge on any atom is -0.458 e. The minimum absolute atomic E-state index is 0.0776. The first-order valence-electron chi connectivity index (χ1n) is 8.99. The maximum atomic E-state index is 12.0. The summed E-state index contributed by atoms with van der Waals surface area (Å²) in [7, 11) is 0. The van der Waals surface area contributed by atoms with Crippen LogP contribution in [0.5, 0.6) is 0 Å². The molecule has 1 heterocycles. The van der Waals surface area contributed by atoms with Crippen LogP contribution >= 0.6 is 0 Å². The lowest BCUT2D eigenvalue weighted by atomic mass is 10.2. The van der Waals surface area contributed by atoms with Gasteiger partial charge in [0.1, 0.15) is 6.10 Å².